The lowest BCUT2D eigenvalue weighted by atomic mass is 10.1. The average molecular weight is 364 g/mol. The zero-order valence-electron chi connectivity index (χ0n) is 10.4. The fourth-order valence-corrected chi connectivity index (χ4v) is 2.83. The molecule has 114 valence electrons. The summed E-state index contributed by atoms with van der Waals surface area (Å²) in [4.78, 5) is 11.3. The highest BCUT2D eigenvalue weighted by atomic mass is 79.9. The number of nitrogens with two attached hydrogens (primary N) is 1. The third-order valence-electron chi connectivity index (χ3n) is 3.23. The van der Waals surface area contributed by atoms with Gasteiger partial charge in [-0.2, -0.15) is 9.97 Å². The molecule has 1 aliphatic rings. The first kappa shape index (κ1) is 14.4. The second kappa shape index (κ2) is 4.73. The number of nitrogens with zero attached hydrogens (tertiary/aromatic N) is 4. The maximum atomic E-state index is 14.6. The van der Waals surface area contributed by atoms with E-state index in [9.17, 15) is 14.6 Å². The summed E-state index contributed by atoms with van der Waals surface area (Å²) in [6, 6.07) is 0. The number of hydrogen-bond acceptors (Lipinski definition) is 8. The quantitative estimate of drug-likeness (QED) is 0.520. The summed E-state index contributed by atoms with van der Waals surface area (Å²) in [6.07, 6.45) is -2.91. The molecular weight excluding hydrogens is 353 g/mol. The molecule has 1 aliphatic heterocycles. The highest BCUT2D eigenvalue weighted by Gasteiger charge is 2.57. The number of hydrogen-bond donors (Lipinski definition) is 4. The van der Waals surface area contributed by atoms with Crippen molar-refractivity contribution in [3.8, 4) is 5.88 Å². The highest BCUT2D eigenvalue weighted by Crippen LogP contribution is 2.46. The topological polar surface area (TPSA) is 140 Å². The van der Waals surface area contributed by atoms with Crippen molar-refractivity contribution >= 4 is 33.0 Å². The fourth-order valence-electron chi connectivity index (χ4n) is 2.21. The van der Waals surface area contributed by atoms with Crippen molar-refractivity contribution in [2.45, 2.75) is 23.0 Å². The van der Waals surface area contributed by atoms with Crippen LogP contribution in [0.1, 0.15) is 6.23 Å². The lowest BCUT2D eigenvalue weighted by Crippen LogP contribution is -2.37. The molecule has 3 heterocycles. The number of anilines is 1. The standard InChI is InChI=1S/C10H11BrFN5O4/c11-10(12)5(19)3(1-18)21-8(10)17-2-14-4-6(17)15-9(13)16-7(4)20/h2-3,5,8,18-19H,1H2,(H3,13,15,16,20)/t3-,5+,8-,10?/m1/s1. The largest absolute Gasteiger partial charge is 0.492 e. The number of imidazole rings is 1. The maximum absolute atomic E-state index is 14.6. The molecule has 2 aromatic heterocycles. The first-order valence-corrected chi connectivity index (χ1v) is 6.66. The van der Waals surface area contributed by atoms with Crippen molar-refractivity contribution in [3.05, 3.63) is 6.33 Å². The molecule has 5 N–H and O–H groups in total. The number of aliphatic hydroxyl groups excluding tert-OH is 2. The monoisotopic (exact) mass is 363 g/mol. The van der Waals surface area contributed by atoms with E-state index in [1.165, 1.54) is 6.33 Å². The number of alkyl halides is 2. The first-order chi connectivity index (χ1) is 9.86. The minimum absolute atomic E-state index is 0.0121. The summed E-state index contributed by atoms with van der Waals surface area (Å²) in [6.45, 7) is -0.566. The van der Waals surface area contributed by atoms with E-state index in [1.54, 1.807) is 0 Å². The highest BCUT2D eigenvalue weighted by molar-refractivity contribution is 9.10. The van der Waals surface area contributed by atoms with Crippen LogP contribution in [-0.2, 0) is 4.74 Å². The van der Waals surface area contributed by atoms with Gasteiger partial charge in [-0.15, -0.1) is 0 Å². The Morgan fingerprint density at radius 2 is 2.24 bits per heavy atom. The predicted octanol–water partition coefficient (Wildman–Crippen LogP) is -0.575. The molecule has 11 heteroatoms. The lowest BCUT2D eigenvalue weighted by molar-refractivity contribution is -0.0472. The predicted molar refractivity (Wildman–Crippen MR) is 71.2 cm³/mol. The van der Waals surface area contributed by atoms with E-state index >= 15 is 0 Å². The average Bonchev–Trinajstić information content (AvgIpc) is 2.91. The molecular formula is C10H11BrFN5O4. The molecule has 0 radical (unpaired) electrons. The van der Waals surface area contributed by atoms with Crippen LogP contribution >= 0.6 is 15.9 Å². The molecule has 21 heavy (non-hydrogen) atoms. The number of ether oxygens (including phenoxy) is 1. The van der Waals surface area contributed by atoms with E-state index in [4.69, 9.17) is 15.6 Å². The van der Waals surface area contributed by atoms with Crippen LogP contribution in [0.4, 0.5) is 10.3 Å². The van der Waals surface area contributed by atoms with Crippen molar-refractivity contribution in [2.75, 3.05) is 12.3 Å². The third-order valence-corrected chi connectivity index (χ3v) is 4.09. The van der Waals surface area contributed by atoms with E-state index < -0.39 is 35.5 Å². The number of fused-ring (bicyclic) bond motifs is 1. The van der Waals surface area contributed by atoms with Gasteiger partial charge in [-0.3, -0.25) is 4.57 Å². The maximum Gasteiger partial charge on any atom is 0.244 e. The molecule has 9 nitrogen and oxygen atoms in total. The second-order valence-corrected chi connectivity index (χ2v) is 5.77. The van der Waals surface area contributed by atoms with Crippen LogP contribution in [0.25, 0.3) is 11.2 Å². The minimum Gasteiger partial charge on any atom is -0.492 e. The van der Waals surface area contributed by atoms with Crippen LogP contribution in [0.15, 0.2) is 6.33 Å². The van der Waals surface area contributed by atoms with Gasteiger partial charge in [-0.05, 0) is 15.9 Å². The Balaban J connectivity index is 2.13. The first-order valence-electron chi connectivity index (χ1n) is 5.87. The molecule has 1 unspecified atom stereocenters. The van der Waals surface area contributed by atoms with Crippen molar-refractivity contribution in [3.63, 3.8) is 0 Å². The van der Waals surface area contributed by atoms with Gasteiger partial charge in [0.15, 0.2) is 17.4 Å². The van der Waals surface area contributed by atoms with Crippen LogP contribution < -0.4 is 5.73 Å². The van der Waals surface area contributed by atoms with E-state index in [0.29, 0.717) is 0 Å². The number of aromatic hydroxyl groups is 1. The summed E-state index contributed by atoms with van der Waals surface area (Å²) >= 11 is 2.76. The van der Waals surface area contributed by atoms with E-state index in [0.717, 1.165) is 4.57 Å². The molecule has 1 saturated heterocycles. The van der Waals surface area contributed by atoms with Gasteiger partial charge < -0.3 is 25.8 Å². The smallest absolute Gasteiger partial charge is 0.244 e. The number of rotatable bonds is 2. The van der Waals surface area contributed by atoms with E-state index in [-0.39, 0.29) is 17.1 Å². The van der Waals surface area contributed by atoms with Crippen LogP contribution in [0.2, 0.25) is 0 Å². The number of nitrogen functional groups attached to an aromatic ring is 1. The van der Waals surface area contributed by atoms with Gasteiger partial charge in [0, 0.05) is 0 Å². The van der Waals surface area contributed by atoms with Gasteiger partial charge in [-0.1, -0.05) is 0 Å². The summed E-state index contributed by atoms with van der Waals surface area (Å²) in [5, 5.41) is 28.6. The Hall–Kier alpha value is -1.56. The van der Waals surface area contributed by atoms with Gasteiger partial charge in [0.1, 0.15) is 12.2 Å². The van der Waals surface area contributed by atoms with Crippen molar-refractivity contribution in [1.82, 2.24) is 19.5 Å². The van der Waals surface area contributed by atoms with Crippen molar-refractivity contribution < 1.29 is 24.4 Å². The minimum atomic E-state index is -2.37. The zero-order chi connectivity index (χ0) is 15.4. The van der Waals surface area contributed by atoms with Crippen LogP contribution in [0, 0.1) is 0 Å². The van der Waals surface area contributed by atoms with Crippen molar-refractivity contribution in [2.24, 2.45) is 0 Å². The normalized spacial score (nSPS) is 32.9. The Bertz CT molecular complexity index is 695. The Morgan fingerprint density at radius 3 is 2.86 bits per heavy atom. The van der Waals surface area contributed by atoms with Gasteiger partial charge in [0.25, 0.3) is 0 Å². The molecule has 4 atom stereocenters. The molecule has 0 aromatic carbocycles. The molecule has 3 rings (SSSR count). The number of aromatic nitrogens is 4. The molecule has 0 amide bonds. The molecule has 0 aliphatic carbocycles. The molecule has 0 bridgehead atoms. The zero-order valence-corrected chi connectivity index (χ0v) is 12.0. The third kappa shape index (κ3) is 2.04. The summed E-state index contributed by atoms with van der Waals surface area (Å²) in [5.74, 6) is -0.675. The Kier molecular flexibility index (Phi) is 3.24. The summed E-state index contributed by atoms with van der Waals surface area (Å²) in [7, 11) is 0. The molecule has 0 saturated carbocycles. The fraction of sp³-hybridized carbons (Fsp3) is 0.500. The van der Waals surface area contributed by atoms with Gasteiger partial charge in [-0.25, -0.2) is 9.37 Å². The Labute approximate surface area is 125 Å². The van der Waals surface area contributed by atoms with Crippen molar-refractivity contribution in [1.29, 1.82) is 0 Å². The number of halogens is 2. The lowest BCUT2D eigenvalue weighted by Gasteiger charge is -2.22. The summed E-state index contributed by atoms with van der Waals surface area (Å²) in [5.41, 5.74) is 5.49. The molecule has 0 spiro atoms. The van der Waals surface area contributed by atoms with E-state index in [2.05, 4.69) is 30.9 Å². The number of aliphatic hydroxyl groups is 2. The van der Waals surface area contributed by atoms with Gasteiger partial charge in [0.05, 0.1) is 12.9 Å². The SMILES string of the molecule is Nc1nc(O)c2ncn([C@@H]3O[C@H](CO)[C@H](O)C3(F)Br)c2n1. The van der Waals surface area contributed by atoms with E-state index in [1.807, 2.05) is 0 Å². The Morgan fingerprint density at radius 1 is 1.52 bits per heavy atom. The summed E-state index contributed by atoms with van der Waals surface area (Å²) < 4.78 is 18.7. The van der Waals surface area contributed by atoms with Crippen LogP contribution in [0.3, 0.4) is 0 Å². The molecule has 2 aromatic rings. The second-order valence-electron chi connectivity index (χ2n) is 4.56. The van der Waals surface area contributed by atoms with Gasteiger partial charge in [0.2, 0.25) is 16.4 Å². The van der Waals surface area contributed by atoms with Gasteiger partial charge >= 0.3 is 0 Å². The van der Waals surface area contributed by atoms with Crippen LogP contribution in [-0.4, -0.2) is 58.2 Å². The van der Waals surface area contributed by atoms with Crippen LogP contribution in [0.5, 0.6) is 5.88 Å². The molecule has 1 fully saturated rings.